The van der Waals surface area contributed by atoms with E-state index in [0.29, 0.717) is 24.9 Å². The number of ether oxygens (including phenoxy) is 2. The molecule has 1 aromatic rings. The number of urea groups is 1. The number of benzene rings is 1. The number of hydrogen-bond donors (Lipinski definition) is 2. The zero-order valence-corrected chi connectivity index (χ0v) is 15.2. The number of amides is 3. The van der Waals surface area contributed by atoms with Gasteiger partial charge in [-0.3, -0.25) is 10.1 Å². The summed E-state index contributed by atoms with van der Waals surface area (Å²) in [5.41, 5.74) is 0. The van der Waals surface area contributed by atoms with Crippen LogP contribution in [0.5, 0.6) is 11.5 Å². The van der Waals surface area contributed by atoms with Crippen LogP contribution in [0.3, 0.4) is 0 Å². The summed E-state index contributed by atoms with van der Waals surface area (Å²) in [7, 11) is 0. The maximum Gasteiger partial charge on any atom is 0.321 e. The van der Waals surface area contributed by atoms with E-state index in [-0.39, 0.29) is 17.7 Å². The van der Waals surface area contributed by atoms with Crippen molar-refractivity contribution in [2.24, 2.45) is 5.92 Å². The van der Waals surface area contributed by atoms with Crippen LogP contribution >= 0.6 is 11.8 Å². The van der Waals surface area contributed by atoms with Crippen LogP contribution in [-0.2, 0) is 4.79 Å². The van der Waals surface area contributed by atoms with Gasteiger partial charge in [0, 0.05) is 10.9 Å². The Balaban J connectivity index is 1.44. The summed E-state index contributed by atoms with van der Waals surface area (Å²) in [6, 6.07) is 5.34. The Morgan fingerprint density at radius 1 is 1.16 bits per heavy atom. The van der Waals surface area contributed by atoms with Crippen LogP contribution < -0.4 is 20.1 Å². The molecule has 1 heterocycles. The van der Waals surface area contributed by atoms with Crippen LogP contribution in [0, 0.1) is 5.92 Å². The van der Waals surface area contributed by atoms with Crippen LogP contribution in [0.1, 0.15) is 32.6 Å². The first kappa shape index (κ1) is 17.9. The van der Waals surface area contributed by atoms with Crippen LogP contribution in [0.25, 0.3) is 0 Å². The highest BCUT2D eigenvalue weighted by molar-refractivity contribution is 8.00. The zero-order valence-electron chi connectivity index (χ0n) is 14.4. The summed E-state index contributed by atoms with van der Waals surface area (Å²) in [6.07, 6.45) is 4.45. The Hall–Kier alpha value is -1.89. The smallest absolute Gasteiger partial charge is 0.321 e. The highest BCUT2D eigenvalue weighted by Crippen LogP contribution is 2.34. The van der Waals surface area contributed by atoms with E-state index in [1.807, 2.05) is 18.2 Å². The number of carbonyl (C=O) groups is 2. The van der Waals surface area contributed by atoms with Gasteiger partial charge in [0.05, 0.1) is 5.75 Å². The van der Waals surface area contributed by atoms with E-state index in [2.05, 4.69) is 17.6 Å². The second kappa shape index (κ2) is 8.47. The maximum atomic E-state index is 12.0. The predicted molar refractivity (Wildman–Crippen MR) is 96.3 cm³/mol. The molecule has 1 aromatic carbocycles. The fourth-order valence-corrected chi connectivity index (χ4v) is 3.88. The fourth-order valence-electron chi connectivity index (χ4n) is 3.16. The molecule has 1 aliphatic carbocycles. The van der Waals surface area contributed by atoms with Crippen molar-refractivity contribution in [1.29, 1.82) is 0 Å². The Kier molecular flexibility index (Phi) is 6.07. The fraction of sp³-hybridized carbons (Fsp3) is 0.556. The third-order valence-electron chi connectivity index (χ3n) is 4.56. The molecule has 7 heteroatoms. The van der Waals surface area contributed by atoms with Gasteiger partial charge in [-0.2, -0.15) is 0 Å². The van der Waals surface area contributed by atoms with Gasteiger partial charge in [0.2, 0.25) is 5.91 Å². The van der Waals surface area contributed by atoms with Gasteiger partial charge < -0.3 is 14.8 Å². The third kappa shape index (κ3) is 5.04. The number of thioether (sulfide) groups is 1. The van der Waals surface area contributed by atoms with Gasteiger partial charge in [0.25, 0.3) is 0 Å². The van der Waals surface area contributed by atoms with Crippen LogP contribution in [0.15, 0.2) is 23.1 Å². The number of fused-ring (bicyclic) bond motifs is 1. The number of imide groups is 1. The van der Waals surface area contributed by atoms with Crippen LogP contribution in [0.2, 0.25) is 0 Å². The summed E-state index contributed by atoms with van der Waals surface area (Å²) in [5.74, 6) is 1.75. The van der Waals surface area contributed by atoms with Gasteiger partial charge in [-0.05, 0) is 37.0 Å². The van der Waals surface area contributed by atoms with Crippen molar-refractivity contribution in [3.63, 3.8) is 0 Å². The van der Waals surface area contributed by atoms with E-state index < -0.39 is 6.03 Å². The largest absolute Gasteiger partial charge is 0.486 e. The van der Waals surface area contributed by atoms with Gasteiger partial charge in [-0.1, -0.05) is 19.8 Å². The minimum absolute atomic E-state index is 0.159. The molecule has 2 atom stereocenters. The molecule has 0 unspecified atom stereocenters. The second-order valence-electron chi connectivity index (χ2n) is 6.48. The molecule has 1 aliphatic heterocycles. The van der Waals surface area contributed by atoms with Crippen molar-refractivity contribution >= 4 is 23.7 Å². The lowest BCUT2D eigenvalue weighted by atomic mass is 9.86. The highest BCUT2D eigenvalue weighted by atomic mass is 32.2. The van der Waals surface area contributed by atoms with E-state index in [0.717, 1.165) is 29.9 Å². The molecule has 0 saturated heterocycles. The topological polar surface area (TPSA) is 76.7 Å². The lowest BCUT2D eigenvalue weighted by molar-refractivity contribution is -0.117. The summed E-state index contributed by atoms with van der Waals surface area (Å²) < 4.78 is 11.0. The number of carbonyl (C=O) groups excluding carboxylic acids is 2. The van der Waals surface area contributed by atoms with Gasteiger partial charge in [0.15, 0.2) is 11.5 Å². The summed E-state index contributed by atoms with van der Waals surface area (Å²) in [5, 5.41) is 5.34. The molecule has 136 valence electrons. The van der Waals surface area contributed by atoms with Crippen LogP contribution in [-0.4, -0.2) is 36.9 Å². The molecule has 0 spiro atoms. The molecule has 0 radical (unpaired) electrons. The van der Waals surface area contributed by atoms with Gasteiger partial charge >= 0.3 is 6.03 Å². The molecule has 3 amide bonds. The highest BCUT2D eigenvalue weighted by Gasteiger charge is 2.23. The average Bonchev–Trinajstić information content (AvgIpc) is 2.62. The third-order valence-corrected chi connectivity index (χ3v) is 5.56. The quantitative estimate of drug-likeness (QED) is 0.804. The molecule has 2 N–H and O–H groups in total. The van der Waals surface area contributed by atoms with E-state index >= 15 is 0 Å². The van der Waals surface area contributed by atoms with E-state index in [1.165, 1.54) is 18.2 Å². The zero-order chi connectivity index (χ0) is 17.6. The van der Waals surface area contributed by atoms with E-state index in [1.54, 1.807) is 0 Å². The SMILES string of the molecule is C[C@H]1CCCC[C@H]1NC(=O)NC(=O)CSc1ccc2c(c1)OCCO2. The summed E-state index contributed by atoms with van der Waals surface area (Å²) in [6.45, 7) is 3.22. The van der Waals surface area contributed by atoms with Gasteiger partial charge in [-0.25, -0.2) is 4.79 Å². The van der Waals surface area contributed by atoms with Crippen molar-refractivity contribution in [3.05, 3.63) is 18.2 Å². The average molecular weight is 364 g/mol. The molecule has 2 aliphatic rings. The molecule has 0 aromatic heterocycles. The molecule has 25 heavy (non-hydrogen) atoms. The molecule has 6 nitrogen and oxygen atoms in total. The standard InChI is InChI=1S/C18H24N2O4S/c1-12-4-2-3-5-14(12)19-18(22)20-17(21)11-25-13-6-7-15-16(10-13)24-9-8-23-15/h6-7,10,12,14H,2-5,8-9,11H2,1H3,(H2,19,20,21,22)/t12-,14+/m0/s1. The maximum absolute atomic E-state index is 12.0. The van der Waals surface area contributed by atoms with Gasteiger partial charge in [0.1, 0.15) is 13.2 Å². The lowest BCUT2D eigenvalue weighted by Crippen LogP contribution is -2.48. The molecule has 0 bridgehead atoms. The first-order chi connectivity index (χ1) is 12.1. The summed E-state index contributed by atoms with van der Waals surface area (Å²) in [4.78, 5) is 24.9. The van der Waals surface area contributed by atoms with E-state index in [4.69, 9.17) is 9.47 Å². The number of nitrogens with one attached hydrogen (secondary N) is 2. The predicted octanol–water partition coefficient (Wildman–Crippen LogP) is 2.95. The van der Waals surface area contributed by atoms with Crippen molar-refractivity contribution < 1.29 is 19.1 Å². The molecule has 3 rings (SSSR count). The lowest BCUT2D eigenvalue weighted by Gasteiger charge is -2.29. The van der Waals surface area contributed by atoms with Crippen molar-refractivity contribution in [2.75, 3.05) is 19.0 Å². The van der Waals surface area contributed by atoms with Gasteiger partial charge in [-0.15, -0.1) is 11.8 Å². The van der Waals surface area contributed by atoms with Crippen molar-refractivity contribution in [1.82, 2.24) is 10.6 Å². The minimum atomic E-state index is -0.397. The minimum Gasteiger partial charge on any atom is -0.486 e. The molecule has 1 saturated carbocycles. The molecular formula is C18H24N2O4S. The Bertz CT molecular complexity index is 638. The molecule has 1 fully saturated rings. The Morgan fingerprint density at radius 3 is 2.72 bits per heavy atom. The monoisotopic (exact) mass is 364 g/mol. The second-order valence-corrected chi connectivity index (χ2v) is 7.53. The van der Waals surface area contributed by atoms with E-state index in [9.17, 15) is 9.59 Å². The van der Waals surface area contributed by atoms with Crippen molar-refractivity contribution in [2.45, 2.75) is 43.5 Å². The molecular weight excluding hydrogens is 340 g/mol. The normalized spacial score (nSPS) is 22.1. The summed E-state index contributed by atoms with van der Waals surface area (Å²) >= 11 is 1.36. The number of hydrogen-bond acceptors (Lipinski definition) is 5. The Labute approximate surface area is 152 Å². The van der Waals surface area contributed by atoms with Crippen molar-refractivity contribution in [3.8, 4) is 11.5 Å². The van der Waals surface area contributed by atoms with Crippen LogP contribution in [0.4, 0.5) is 4.79 Å². The Morgan fingerprint density at radius 2 is 1.92 bits per heavy atom. The first-order valence-electron chi connectivity index (χ1n) is 8.74. The first-order valence-corrected chi connectivity index (χ1v) is 9.73. The number of rotatable bonds is 4.